The molecule has 0 saturated carbocycles. The molecule has 1 aromatic carbocycles. The molecule has 1 atom stereocenters. The van der Waals surface area contributed by atoms with Gasteiger partial charge in [0.1, 0.15) is 5.75 Å². The molecule has 0 aromatic heterocycles. The molecule has 1 heterocycles. The van der Waals surface area contributed by atoms with Crippen molar-refractivity contribution in [3.05, 3.63) is 28.2 Å². The van der Waals surface area contributed by atoms with Gasteiger partial charge in [0, 0.05) is 43.1 Å². The lowest BCUT2D eigenvalue weighted by Gasteiger charge is -2.36. The van der Waals surface area contributed by atoms with Gasteiger partial charge in [-0.1, -0.05) is 15.9 Å². The molecule has 0 aliphatic carbocycles. The van der Waals surface area contributed by atoms with Crippen molar-refractivity contribution in [1.82, 2.24) is 10.2 Å². The summed E-state index contributed by atoms with van der Waals surface area (Å²) in [7, 11) is 1.56. The highest BCUT2D eigenvalue weighted by atomic mass is 79.9. The molecular formula is C15H22BrCl2F3N2O. The first-order valence-corrected chi connectivity index (χ1v) is 8.05. The lowest BCUT2D eigenvalue weighted by Crippen LogP contribution is -2.45. The van der Waals surface area contributed by atoms with E-state index < -0.39 is 12.6 Å². The van der Waals surface area contributed by atoms with Gasteiger partial charge in [0.25, 0.3) is 0 Å². The minimum absolute atomic E-state index is 0. The first kappa shape index (κ1) is 23.8. The molecule has 1 saturated heterocycles. The fourth-order valence-electron chi connectivity index (χ4n) is 2.73. The maximum Gasteiger partial charge on any atom is 0.389 e. The van der Waals surface area contributed by atoms with Crippen LogP contribution in [0.15, 0.2) is 22.7 Å². The van der Waals surface area contributed by atoms with Crippen molar-refractivity contribution in [2.24, 2.45) is 0 Å². The van der Waals surface area contributed by atoms with Gasteiger partial charge in [0.2, 0.25) is 0 Å². The molecule has 0 unspecified atom stereocenters. The highest BCUT2D eigenvalue weighted by molar-refractivity contribution is 9.10. The SMILES string of the molecule is COc1ccc(Br)c([C@H](CCC(F)(F)F)N2CCNCC2)c1.Cl.Cl. The minimum atomic E-state index is -4.14. The van der Waals surface area contributed by atoms with Gasteiger partial charge in [-0.05, 0) is 30.2 Å². The molecule has 2 rings (SSSR count). The Kier molecular flexibility index (Phi) is 10.6. The molecule has 9 heteroatoms. The number of methoxy groups -OCH3 is 1. The van der Waals surface area contributed by atoms with E-state index in [-0.39, 0.29) is 37.3 Å². The zero-order valence-corrected chi connectivity index (χ0v) is 16.5. The second-order valence-corrected chi connectivity index (χ2v) is 6.20. The Morgan fingerprint density at radius 1 is 1.25 bits per heavy atom. The van der Waals surface area contributed by atoms with Crippen molar-refractivity contribution >= 4 is 40.7 Å². The summed E-state index contributed by atoms with van der Waals surface area (Å²) in [6.45, 7) is 3.08. The van der Waals surface area contributed by atoms with Crippen LogP contribution in [0.3, 0.4) is 0 Å². The highest BCUT2D eigenvalue weighted by Gasteiger charge is 2.32. The molecular weight excluding hydrogens is 432 g/mol. The molecule has 0 spiro atoms. The monoisotopic (exact) mass is 452 g/mol. The zero-order valence-electron chi connectivity index (χ0n) is 13.2. The smallest absolute Gasteiger partial charge is 0.389 e. The second-order valence-electron chi connectivity index (χ2n) is 5.34. The van der Waals surface area contributed by atoms with E-state index in [1.807, 2.05) is 12.1 Å². The number of piperazine rings is 1. The van der Waals surface area contributed by atoms with Gasteiger partial charge >= 0.3 is 6.18 Å². The maximum atomic E-state index is 12.7. The lowest BCUT2D eigenvalue weighted by atomic mass is 9.99. The van der Waals surface area contributed by atoms with Crippen molar-refractivity contribution in [2.75, 3.05) is 33.3 Å². The Bertz CT molecular complexity index is 500. The van der Waals surface area contributed by atoms with E-state index in [4.69, 9.17) is 4.74 Å². The largest absolute Gasteiger partial charge is 0.497 e. The van der Waals surface area contributed by atoms with Gasteiger partial charge in [0.05, 0.1) is 7.11 Å². The molecule has 1 aliphatic rings. The normalized spacial score (nSPS) is 16.7. The molecule has 3 nitrogen and oxygen atoms in total. The predicted octanol–water partition coefficient (Wildman–Crippen LogP) is 4.59. The van der Waals surface area contributed by atoms with Crippen LogP contribution in [0.5, 0.6) is 5.75 Å². The summed E-state index contributed by atoms with van der Waals surface area (Å²) in [5.74, 6) is 0.658. The third-order valence-corrected chi connectivity index (χ3v) is 4.58. The van der Waals surface area contributed by atoms with Gasteiger partial charge in [-0.3, -0.25) is 4.90 Å². The first-order valence-electron chi connectivity index (χ1n) is 7.25. The molecule has 0 radical (unpaired) electrons. The number of hydrogen-bond donors (Lipinski definition) is 1. The Hall–Kier alpha value is -0.210. The average Bonchev–Trinajstić information content (AvgIpc) is 2.49. The van der Waals surface area contributed by atoms with E-state index in [1.165, 1.54) is 0 Å². The molecule has 24 heavy (non-hydrogen) atoms. The molecule has 140 valence electrons. The van der Waals surface area contributed by atoms with Crippen molar-refractivity contribution < 1.29 is 17.9 Å². The van der Waals surface area contributed by atoms with Crippen LogP contribution in [0.25, 0.3) is 0 Å². The van der Waals surface area contributed by atoms with Crippen LogP contribution in [0.1, 0.15) is 24.4 Å². The summed E-state index contributed by atoms with van der Waals surface area (Å²) < 4.78 is 44.1. The number of nitrogens with one attached hydrogen (secondary N) is 1. The highest BCUT2D eigenvalue weighted by Crippen LogP contribution is 2.36. The standard InChI is InChI=1S/C15H20BrF3N2O.2ClH/c1-22-11-2-3-13(16)12(10-11)14(4-5-15(17,18)19)21-8-6-20-7-9-21;;/h2-3,10,14,20H,4-9H2,1H3;2*1H/t14-;;/m0../s1. The fourth-order valence-corrected chi connectivity index (χ4v) is 3.24. The Labute approximate surface area is 161 Å². The van der Waals surface area contributed by atoms with Crippen LogP contribution in [-0.2, 0) is 0 Å². The summed E-state index contributed by atoms with van der Waals surface area (Å²) in [4.78, 5) is 2.11. The number of rotatable bonds is 5. The van der Waals surface area contributed by atoms with E-state index >= 15 is 0 Å². The summed E-state index contributed by atoms with van der Waals surface area (Å²) in [5.41, 5.74) is 0.852. The lowest BCUT2D eigenvalue weighted by molar-refractivity contribution is -0.138. The van der Waals surface area contributed by atoms with E-state index in [2.05, 4.69) is 26.1 Å². The Morgan fingerprint density at radius 2 is 1.88 bits per heavy atom. The van der Waals surface area contributed by atoms with Gasteiger partial charge in [-0.25, -0.2) is 0 Å². The molecule has 1 fully saturated rings. The van der Waals surface area contributed by atoms with E-state index in [9.17, 15) is 13.2 Å². The predicted molar refractivity (Wildman–Crippen MR) is 97.7 cm³/mol. The number of halogens is 6. The van der Waals surface area contributed by atoms with Gasteiger partial charge in [0.15, 0.2) is 0 Å². The minimum Gasteiger partial charge on any atom is -0.497 e. The van der Waals surface area contributed by atoms with Crippen molar-refractivity contribution in [3.8, 4) is 5.75 Å². The van der Waals surface area contributed by atoms with Crippen molar-refractivity contribution in [3.63, 3.8) is 0 Å². The van der Waals surface area contributed by atoms with Crippen LogP contribution in [0.2, 0.25) is 0 Å². The van der Waals surface area contributed by atoms with Crippen LogP contribution in [0.4, 0.5) is 13.2 Å². The molecule has 0 amide bonds. The van der Waals surface area contributed by atoms with Crippen molar-refractivity contribution in [1.29, 1.82) is 0 Å². The number of alkyl halides is 3. The van der Waals surface area contributed by atoms with Gasteiger partial charge < -0.3 is 10.1 Å². The first-order chi connectivity index (χ1) is 10.4. The summed E-state index contributed by atoms with van der Waals surface area (Å²) in [6.07, 6.45) is -4.88. The quantitative estimate of drug-likeness (QED) is 0.705. The third kappa shape index (κ3) is 6.96. The number of nitrogens with zero attached hydrogens (tertiary/aromatic N) is 1. The molecule has 1 N–H and O–H groups in total. The van der Waals surface area contributed by atoms with Gasteiger partial charge in [-0.2, -0.15) is 13.2 Å². The maximum absolute atomic E-state index is 12.7. The number of hydrogen-bond acceptors (Lipinski definition) is 3. The number of benzene rings is 1. The van der Waals surface area contributed by atoms with E-state index in [0.29, 0.717) is 5.75 Å². The van der Waals surface area contributed by atoms with E-state index in [0.717, 1.165) is 36.2 Å². The molecule has 1 aliphatic heterocycles. The van der Waals surface area contributed by atoms with Crippen LogP contribution in [0, 0.1) is 0 Å². The van der Waals surface area contributed by atoms with Crippen molar-refractivity contribution in [2.45, 2.75) is 25.1 Å². The third-order valence-electron chi connectivity index (χ3n) is 3.86. The number of ether oxygens (including phenoxy) is 1. The topological polar surface area (TPSA) is 24.5 Å². The fraction of sp³-hybridized carbons (Fsp3) is 0.600. The Balaban J connectivity index is 0.00000264. The molecule has 1 aromatic rings. The van der Waals surface area contributed by atoms with E-state index in [1.54, 1.807) is 13.2 Å². The average molecular weight is 454 g/mol. The summed E-state index contributed by atoms with van der Waals surface area (Å²) in [6, 6.07) is 5.18. The van der Waals surface area contributed by atoms with Crippen LogP contribution >= 0.6 is 40.7 Å². The second kappa shape index (κ2) is 10.7. The summed E-state index contributed by atoms with van der Waals surface area (Å²) in [5, 5.41) is 3.23. The molecule has 0 bridgehead atoms. The van der Waals surface area contributed by atoms with Crippen LogP contribution < -0.4 is 10.1 Å². The van der Waals surface area contributed by atoms with Crippen LogP contribution in [-0.4, -0.2) is 44.4 Å². The Morgan fingerprint density at radius 3 is 2.42 bits per heavy atom. The zero-order chi connectivity index (χ0) is 16.2. The summed E-state index contributed by atoms with van der Waals surface area (Å²) >= 11 is 3.47. The van der Waals surface area contributed by atoms with Gasteiger partial charge in [-0.15, -0.1) is 24.8 Å².